The zero-order valence-electron chi connectivity index (χ0n) is 11.4. The van der Waals surface area contributed by atoms with E-state index in [1.165, 1.54) is 16.4 Å². The van der Waals surface area contributed by atoms with Crippen LogP contribution in [0.4, 0.5) is 0 Å². The number of thioether (sulfide) groups is 1. The summed E-state index contributed by atoms with van der Waals surface area (Å²) in [5.41, 5.74) is -2.31. The van der Waals surface area contributed by atoms with Gasteiger partial charge < -0.3 is 0 Å². The van der Waals surface area contributed by atoms with Gasteiger partial charge in [-0.25, -0.2) is 0 Å². The summed E-state index contributed by atoms with van der Waals surface area (Å²) in [4.78, 5) is 25.9. The van der Waals surface area contributed by atoms with Crippen molar-refractivity contribution in [3.05, 3.63) is 20.7 Å². The fourth-order valence-corrected chi connectivity index (χ4v) is 2.49. The molecule has 8 heteroatoms. The number of hydrogen-bond acceptors (Lipinski definition) is 6. The van der Waals surface area contributed by atoms with Gasteiger partial charge in [-0.3, -0.25) is 24.7 Å². The second-order valence-electron chi connectivity index (χ2n) is 4.73. The van der Waals surface area contributed by atoms with Gasteiger partial charge in [0, 0.05) is 18.8 Å². The maximum absolute atomic E-state index is 11.2. The van der Waals surface area contributed by atoms with Crippen LogP contribution in [0.1, 0.15) is 20.8 Å². The minimum atomic E-state index is -0.823. The Morgan fingerprint density at radius 3 is 2.74 bits per heavy atom. The molecule has 0 aliphatic heterocycles. The monoisotopic (exact) mass is 283 g/mol. The molecule has 2 N–H and O–H groups in total. The summed E-state index contributed by atoms with van der Waals surface area (Å²) in [5.74, 6) is 0.411. The minimum Gasteiger partial charge on any atom is -0.297 e. The van der Waals surface area contributed by atoms with E-state index in [4.69, 9.17) is 0 Å². The second kappa shape index (κ2) is 6.04. The van der Waals surface area contributed by atoms with Gasteiger partial charge in [0.1, 0.15) is 5.54 Å². The first-order chi connectivity index (χ1) is 8.77. The molecular weight excluding hydrogens is 266 g/mol. The molecule has 1 aromatic rings. The van der Waals surface area contributed by atoms with E-state index in [0.29, 0.717) is 10.9 Å². The SMILES string of the molecule is CC(C)NC(C)(C#N)CSc1nc(=O)c(=O)[nH]n1C. The first-order valence-electron chi connectivity index (χ1n) is 5.76. The lowest BCUT2D eigenvalue weighted by molar-refractivity contribution is 0.442. The fraction of sp³-hybridized carbons (Fsp3) is 0.636. The molecule has 0 fully saturated rings. The molecule has 0 bridgehead atoms. The van der Waals surface area contributed by atoms with Crippen molar-refractivity contribution in [2.75, 3.05) is 5.75 Å². The van der Waals surface area contributed by atoms with Crippen LogP contribution >= 0.6 is 11.8 Å². The number of nitrogens with zero attached hydrogens (tertiary/aromatic N) is 3. The summed E-state index contributed by atoms with van der Waals surface area (Å²) in [7, 11) is 1.59. The van der Waals surface area contributed by atoms with Gasteiger partial charge in [-0.15, -0.1) is 0 Å². The molecule has 1 aromatic heterocycles. The normalized spacial score (nSPS) is 14.1. The molecule has 0 saturated heterocycles. The molecule has 1 unspecified atom stereocenters. The average molecular weight is 283 g/mol. The van der Waals surface area contributed by atoms with E-state index < -0.39 is 16.7 Å². The Morgan fingerprint density at radius 1 is 1.58 bits per heavy atom. The van der Waals surface area contributed by atoms with Crippen molar-refractivity contribution in [1.82, 2.24) is 20.1 Å². The van der Waals surface area contributed by atoms with E-state index in [2.05, 4.69) is 21.5 Å². The summed E-state index contributed by atoms with van der Waals surface area (Å²) in [6.45, 7) is 5.69. The largest absolute Gasteiger partial charge is 0.339 e. The van der Waals surface area contributed by atoms with Gasteiger partial charge in [0.25, 0.3) is 0 Å². The van der Waals surface area contributed by atoms with Crippen molar-refractivity contribution in [1.29, 1.82) is 5.26 Å². The molecule has 1 atom stereocenters. The number of aromatic nitrogens is 3. The Morgan fingerprint density at radius 2 is 2.21 bits per heavy atom. The molecule has 0 aliphatic rings. The molecule has 104 valence electrons. The molecule has 1 rings (SSSR count). The summed E-state index contributed by atoms with van der Waals surface area (Å²) in [5, 5.41) is 15.1. The Labute approximate surface area is 115 Å². The van der Waals surface area contributed by atoms with Crippen molar-refractivity contribution >= 4 is 11.8 Å². The highest BCUT2D eigenvalue weighted by atomic mass is 32.2. The van der Waals surface area contributed by atoms with E-state index in [1.807, 2.05) is 13.8 Å². The standard InChI is InChI=1S/C11H17N5O2S/c1-7(2)14-11(3,5-12)6-19-10-13-8(17)9(18)15-16(10)4/h7,14H,6H2,1-4H3,(H,15,18). The summed E-state index contributed by atoms with van der Waals surface area (Å²) < 4.78 is 1.38. The molecule has 7 nitrogen and oxygen atoms in total. The molecule has 1 heterocycles. The number of hydrogen-bond donors (Lipinski definition) is 2. The van der Waals surface area contributed by atoms with Crippen LogP contribution in [0.5, 0.6) is 0 Å². The summed E-state index contributed by atoms with van der Waals surface area (Å²) in [6.07, 6.45) is 0. The van der Waals surface area contributed by atoms with Crippen molar-refractivity contribution in [2.24, 2.45) is 7.05 Å². The number of H-pyrrole nitrogens is 1. The minimum absolute atomic E-state index is 0.164. The van der Waals surface area contributed by atoms with Crippen LogP contribution in [0.25, 0.3) is 0 Å². The number of nitrogens with one attached hydrogen (secondary N) is 2. The zero-order valence-corrected chi connectivity index (χ0v) is 12.2. The van der Waals surface area contributed by atoms with Crippen molar-refractivity contribution < 1.29 is 0 Å². The summed E-state index contributed by atoms with van der Waals surface area (Å²) in [6, 6.07) is 2.37. The van der Waals surface area contributed by atoms with Gasteiger partial charge in [0.2, 0.25) is 0 Å². The lowest BCUT2D eigenvalue weighted by Crippen LogP contribution is -2.47. The van der Waals surface area contributed by atoms with Crippen LogP contribution in [0.15, 0.2) is 14.7 Å². The number of nitriles is 1. The molecule has 0 aromatic carbocycles. The van der Waals surface area contributed by atoms with Gasteiger partial charge in [0.05, 0.1) is 6.07 Å². The predicted octanol–water partition coefficient (Wildman–Crippen LogP) is -0.159. The van der Waals surface area contributed by atoms with Crippen LogP contribution in [0.3, 0.4) is 0 Å². The first kappa shape index (κ1) is 15.5. The van der Waals surface area contributed by atoms with Crippen LogP contribution < -0.4 is 16.4 Å². The van der Waals surface area contributed by atoms with Gasteiger partial charge in [-0.2, -0.15) is 10.2 Å². The van der Waals surface area contributed by atoms with E-state index in [0.717, 1.165) is 0 Å². The van der Waals surface area contributed by atoms with Crippen molar-refractivity contribution in [3.63, 3.8) is 0 Å². The average Bonchev–Trinajstić information content (AvgIpc) is 2.31. The first-order valence-corrected chi connectivity index (χ1v) is 6.75. The summed E-state index contributed by atoms with van der Waals surface area (Å²) >= 11 is 1.24. The molecule has 0 radical (unpaired) electrons. The Bertz CT molecular complexity index is 600. The lowest BCUT2D eigenvalue weighted by Gasteiger charge is -2.25. The highest BCUT2D eigenvalue weighted by Crippen LogP contribution is 2.19. The lowest BCUT2D eigenvalue weighted by atomic mass is 10.1. The fourth-order valence-electron chi connectivity index (χ4n) is 1.54. The topological polar surface area (TPSA) is 104 Å². The van der Waals surface area contributed by atoms with Crippen LogP contribution in [0, 0.1) is 11.3 Å². The van der Waals surface area contributed by atoms with Gasteiger partial charge in [-0.1, -0.05) is 11.8 Å². The molecule has 19 heavy (non-hydrogen) atoms. The predicted molar refractivity (Wildman–Crippen MR) is 73.1 cm³/mol. The Balaban J connectivity index is 2.87. The molecular formula is C11H17N5O2S. The Kier molecular flexibility index (Phi) is 4.91. The van der Waals surface area contributed by atoms with Crippen molar-refractivity contribution in [2.45, 2.75) is 37.5 Å². The third-order valence-corrected chi connectivity index (χ3v) is 3.64. The number of aromatic amines is 1. The third kappa shape index (κ3) is 4.22. The maximum atomic E-state index is 11.2. The van der Waals surface area contributed by atoms with Gasteiger partial charge in [0.15, 0.2) is 5.16 Å². The number of aryl methyl sites for hydroxylation is 1. The highest BCUT2D eigenvalue weighted by molar-refractivity contribution is 7.99. The highest BCUT2D eigenvalue weighted by Gasteiger charge is 2.25. The van der Waals surface area contributed by atoms with Gasteiger partial charge >= 0.3 is 11.1 Å². The zero-order chi connectivity index (χ0) is 14.6. The number of rotatable bonds is 5. The van der Waals surface area contributed by atoms with Crippen LogP contribution in [-0.4, -0.2) is 32.1 Å². The quantitative estimate of drug-likeness (QED) is 0.575. The Hall–Kier alpha value is -1.59. The molecule has 0 amide bonds. The maximum Gasteiger partial charge on any atom is 0.339 e. The molecule has 0 aliphatic carbocycles. The molecule has 0 spiro atoms. The second-order valence-corrected chi connectivity index (χ2v) is 5.67. The van der Waals surface area contributed by atoms with Gasteiger partial charge in [-0.05, 0) is 20.8 Å². The van der Waals surface area contributed by atoms with Crippen LogP contribution in [-0.2, 0) is 7.05 Å². The van der Waals surface area contributed by atoms with Crippen LogP contribution in [0.2, 0.25) is 0 Å². The smallest absolute Gasteiger partial charge is 0.297 e. The third-order valence-electron chi connectivity index (χ3n) is 2.29. The van der Waals surface area contributed by atoms with E-state index in [1.54, 1.807) is 14.0 Å². The van der Waals surface area contributed by atoms with E-state index in [-0.39, 0.29) is 6.04 Å². The van der Waals surface area contributed by atoms with E-state index >= 15 is 0 Å². The van der Waals surface area contributed by atoms with E-state index in [9.17, 15) is 14.9 Å². The van der Waals surface area contributed by atoms with Crippen molar-refractivity contribution in [3.8, 4) is 6.07 Å². The molecule has 0 saturated carbocycles.